The zero-order valence-corrected chi connectivity index (χ0v) is 9.24. The number of hydrogen-bond donors (Lipinski definition) is 1. The van der Waals surface area contributed by atoms with Gasteiger partial charge in [-0.15, -0.1) is 0 Å². The molecule has 0 saturated carbocycles. The van der Waals surface area contributed by atoms with Crippen LogP contribution in [-0.4, -0.2) is 11.7 Å². The van der Waals surface area contributed by atoms with E-state index in [1.165, 1.54) is 6.08 Å². The standard InChI is InChI=1S/C14H15NO/c1-5-6-14(9-15)13(4)12(3)8-7-11(2)10-16/h5-8,16H,1-4,10H2/b8-7-,14-6-. The van der Waals surface area contributed by atoms with E-state index < -0.39 is 0 Å². The van der Waals surface area contributed by atoms with E-state index in [9.17, 15) is 0 Å². The van der Waals surface area contributed by atoms with Crippen molar-refractivity contribution < 1.29 is 5.11 Å². The average molecular weight is 213 g/mol. The Balaban J connectivity index is 4.77. The van der Waals surface area contributed by atoms with Crippen LogP contribution in [0.5, 0.6) is 0 Å². The lowest BCUT2D eigenvalue weighted by Crippen LogP contribution is -1.88. The van der Waals surface area contributed by atoms with Gasteiger partial charge in [-0.1, -0.05) is 44.5 Å². The van der Waals surface area contributed by atoms with E-state index in [0.717, 1.165) is 0 Å². The summed E-state index contributed by atoms with van der Waals surface area (Å²) < 4.78 is 0. The number of aliphatic hydroxyl groups excluding tert-OH is 1. The Morgan fingerprint density at radius 3 is 2.31 bits per heavy atom. The van der Waals surface area contributed by atoms with E-state index in [2.05, 4.69) is 26.3 Å². The van der Waals surface area contributed by atoms with Gasteiger partial charge in [-0.25, -0.2) is 0 Å². The maximum Gasteiger partial charge on any atom is 0.0997 e. The van der Waals surface area contributed by atoms with Crippen molar-refractivity contribution in [2.75, 3.05) is 6.61 Å². The van der Waals surface area contributed by atoms with Crippen molar-refractivity contribution in [2.24, 2.45) is 0 Å². The zero-order chi connectivity index (χ0) is 12.6. The molecular formula is C14H15NO. The Hall–Kier alpha value is -2.11. The monoisotopic (exact) mass is 213 g/mol. The summed E-state index contributed by atoms with van der Waals surface area (Å²) in [5, 5.41) is 17.6. The van der Waals surface area contributed by atoms with E-state index in [1.807, 2.05) is 6.07 Å². The number of rotatable bonds is 6. The van der Waals surface area contributed by atoms with Gasteiger partial charge in [0, 0.05) is 0 Å². The van der Waals surface area contributed by atoms with Gasteiger partial charge in [0.15, 0.2) is 0 Å². The summed E-state index contributed by atoms with van der Waals surface area (Å²) in [5.74, 6) is 0. The maximum atomic E-state index is 8.85. The maximum absolute atomic E-state index is 8.85. The number of nitriles is 1. The van der Waals surface area contributed by atoms with Crippen molar-refractivity contribution in [3.8, 4) is 6.07 Å². The van der Waals surface area contributed by atoms with E-state index in [-0.39, 0.29) is 6.61 Å². The fourth-order valence-electron chi connectivity index (χ4n) is 0.868. The Morgan fingerprint density at radius 1 is 1.25 bits per heavy atom. The number of nitrogens with zero attached hydrogens (tertiary/aromatic N) is 1. The molecule has 0 aliphatic heterocycles. The highest BCUT2D eigenvalue weighted by Crippen LogP contribution is 2.17. The minimum absolute atomic E-state index is 0.107. The van der Waals surface area contributed by atoms with Crippen LogP contribution in [0.2, 0.25) is 0 Å². The molecule has 0 saturated heterocycles. The third kappa shape index (κ3) is 4.41. The molecule has 0 unspecified atom stereocenters. The highest BCUT2D eigenvalue weighted by Gasteiger charge is 2.02. The molecule has 0 aromatic rings. The summed E-state index contributed by atoms with van der Waals surface area (Å²) >= 11 is 0. The first-order valence-electron chi connectivity index (χ1n) is 4.64. The average Bonchev–Trinajstić information content (AvgIpc) is 2.31. The molecule has 0 radical (unpaired) electrons. The van der Waals surface area contributed by atoms with Crippen molar-refractivity contribution in [2.45, 2.75) is 0 Å². The molecule has 2 heteroatoms. The van der Waals surface area contributed by atoms with Crippen LogP contribution in [0.15, 0.2) is 72.9 Å². The van der Waals surface area contributed by atoms with Gasteiger partial charge in [0.2, 0.25) is 0 Å². The van der Waals surface area contributed by atoms with Crippen molar-refractivity contribution in [3.63, 3.8) is 0 Å². The molecule has 0 amide bonds. The molecule has 16 heavy (non-hydrogen) atoms. The van der Waals surface area contributed by atoms with Crippen molar-refractivity contribution in [1.29, 1.82) is 5.26 Å². The molecular weight excluding hydrogens is 198 g/mol. The summed E-state index contributed by atoms with van der Waals surface area (Å²) in [6.07, 6.45) is 6.39. The van der Waals surface area contributed by atoms with Gasteiger partial charge in [0.05, 0.1) is 18.2 Å². The van der Waals surface area contributed by atoms with Crippen LogP contribution in [0.4, 0.5) is 0 Å². The molecule has 0 aliphatic carbocycles. The van der Waals surface area contributed by atoms with Crippen LogP contribution in [-0.2, 0) is 0 Å². The highest BCUT2D eigenvalue weighted by molar-refractivity contribution is 5.55. The normalized spacial score (nSPS) is 10.9. The molecule has 2 nitrogen and oxygen atoms in total. The minimum Gasteiger partial charge on any atom is -0.392 e. The van der Waals surface area contributed by atoms with Gasteiger partial charge in [-0.3, -0.25) is 0 Å². The number of hydrogen-bond acceptors (Lipinski definition) is 2. The third-order valence-corrected chi connectivity index (χ3v) is 1.84. The van der Waals surface area contributed by atoms with Crippen LogP contribution < -0.4 is 0 Å². The van der Waals surface area contributed by atoms with E-state index in [0.29, 0.717) is 22.3 Å². The SMILES string of the molecule is C=C/C=C(/C#N)C(=C)C(=C)/C=C\C(=C)CO. The van der Waals surface area contributed by atoms with Crippen LogP contribution in [0.25, 0.3) is 0 Å². The van der Waals surface area contributed by atoms with Gasteiger partial charge in [-0.05, 0) is 22.8 Å². The predicted molar refractivity (Wildman–Crippen MR) is 67.5 cm³/mol. The first-order valence-corrected chi connectivity index (χ1v) is 4.64. The van der Waals surface area contributed by atoms with E-state index in [1.54, 1.807) is 18.2 Å². The van der Waals surface area contributed by atoms with Crippen LogP contribution in [0, 0.1) is 11.3 Å². The second kappa shape index (κ2) is 7.22. The summed E-state index contributed by atoms with van der Waals surface area (Å²) in [6, 6.07) is 2.01. The largest absolute Gasteiger partial charge is 0.392 e. The Labute approximate surface area is 96.5 Å². The quantitative estimate of drug-likeness (QED) is 0.544. The second-order valence-corrected chi connectivity index (χ2v) is 3.08. The first-order chi connectivity index (χ1) is 7.56. The van der Waals surface area contributed by atoms with Gasteiger partial charge < -0.3 is 5.11 Å². The fraction of sp³-hybridized carbons (Fsp3) is 0.0714. The molecule has 0 aliphatic rings. The van der Waals surface area contributed by atoms with Gasteiger partial charge in [0.25, 0.3) is 0 Å². The Bertz CT molecular complexity index is 417. The van der Waals surface area contributed by atoms with Gasteiger partial charge in [-0.2, -0.15) is 5.26 Å². The Kier molecular flexibility index (Phi) is 6.27. The molecule has 0 spiro atoms. The number of aliphatic hydroxyl groups is 1. The zero-order valence-electron chi connectivity index (χ0n) is 9.24. The summed E-state index contributed by atoms with van der Waals surface area (Å²) in [7, 11) is 0. The summed E-state index contributed by atoms with van der Waals surface area (Å²) in [4.78, 5) is 0. The highest BCUT2D eigenvalue weighted by atomic mass is 16.3. The molecule has 0 atom stereocenters. The summed E-state index contributed by atoms with van der Waals surface area (Å²) in [5.41, 5.74) is 2.12. The van der Waals surface area contributed by atoms with Crippen LogP contribution in [0.3, 0.4) is 0 Å². The second-order valence-electron chi connectivity index (χ2n) is 3.08. The molecule has 0 aromatic carbocycles. The Morgan fingerprint density at radius 2 is 1.88 bits per heavy atom. The number of allylic oxidation sites excluding steroid dienone is 6. The van der Waals surface area contributed by atoms with E-state index in [4.69, 9.17) is 10.4 Å². The molecule has 0 heterocycles. The first kappa shape index (κ1) is 13.9. The predicted octanol–water partition coefficient (Wildman–Crippen LogP) is 2.84. The van der Waals surface area contributed by atoms with Crippen molar-refractivity contribution in [3.05, 3.63) is 72.9 Å². The smallest absolute Gasteiger partial charge is 0.0997 e. The summed E-state index contributed by atoms with van der Waals surface area (Å²) in [6.45, 7) is 14.6. The molecule has 82 valence electrons. The topological polar surface area (TPSA) is 44.0 Å². The molecule has 0 bridgehead atoms. The van der Waals surface area contributed by atoms with Crippen LogP contribution >= 0.6 is 0 Å². The molecule has 0 rings (SSSR count). The lowest BCUT2D eigenvalue weighted by molar-refractivity contribution is 0.335. The van der Waals surface area contributed by atoms with Crippen molar-refractivity contribution in [1.82, 2.24) is 0 Å². The third-order valence-electron chi connectivity index (χ3n) is 1.84. The molecule has 0 aromatic heterocycles. The van der Waals surface area contributed by atoms with Crippen LogP contribution in [0.1, 0.15) is 0 Å². The van der Waals surface area contributed by atoms with E-state index >= 15 is 0 Å². The minimum atomic E-state index is -0.107. The lowest BCUT2D eigenvalue weighted by atomic mass is 10.0. The fourth-order valence-corrected chi connectivity index (χ4v) is 0.868. The molecule has 0 fully saturated rings. The van der Waals surface area contributed by atoms with Gasteiger partial charge in [0.1, 0.15) is 0 Å². The van der Waals surface area contributed by atoms with Crippen molar-refractivity contribution >= 4 is 0 Å². The lowest BCUT2D eigenvalue weighted by Gasteiger charge is -2.03. The van der Waals surface area contributed by atoms with Gasteiger partial charge >= 0.3 is 0 Å². The molecule has 1 N–H and O–H groups in total.